The molecule has 2 N–H and O–H groups in total. The van der Waals surface area contributed by atoms with E-state index in [1.54, 1.807) is 30.6 Å². The number of carbonyl (C=O) groups excluding carboxylic acids is 4. The van der Waals surface area contributed by atoms with Gasteiger partial charge in [-0.05, 0) is 75.6 Å². The topological polar surface area (TPSA) is 127 Å². The van der Waals surface area contributed by atoms with E-state index in [0.717, 1.165) is 12.1 Å². The predicted octanol–water partition coefficient (Wildman–Crippen LogP) is 4.27. The summed E-state index contributed by atoms with van der Waals surface area (Å²) >= 11 is 0. The monoisotopic (exact) mass is 604 g/mol. The lowest BCUT2D eigenvalue weighted by Gasteiger charge is -2.42. The van der Waals surface area contributed by atoms with Gasteiger partial charge in [-0.2, -0.15) is 0 Å². The Morgan fingerprint density at radius 1 is 0.814 bits per heavy atom. The third-order valence-corrected chi connectivity index (χ3v) is 7.68. The van der Waals surface area contributed by atoms with Crippen molar-refractivity contribution in [3.8, 4) is 17.2 Å². The highest BCUT2D eigenvalue weighted by Crippen LogP contribution is 2.45. The second kappa shape index (κ2) is 10.7. The molecular formula is C29H31F3N4O7. The number of carbonyl (C=O) groups is 4. The van der Waals surface area contributed by atoms with Gasteiger partial charge in [0.1, 0.15) is 22.8 Å². The first-order chi connectivity index (χ1) is 20.1. The Morgan fingerprint density at radius 3 is 1.91 bits per heavy atom. The Hall–Kier alpha value is -4.33. The Kier molecular flexibility index (Phi) is 7.53. The molecule has 0 radical (unpaired) electrons. The van der Waals surface area contributed by atoms with Gasteiger partial charge < -0.3 is 19.1 Å². The van der Waals surface area contributed by atoms with E-state index >= 15 is 0 Å². The fraction of sp³-hybridized carbons (Fsp3) is 0.448. The molecule has 2 aromatic carbocycles. The lowest BCUT2D eigenvalue weighted by Crippen LogP contribution is -2.70. The molecule has 3 aliphatic heterocycles. The summed E-state index contributed by atoms with van der Waals surface area (Å²) in [7, 11) is 0. The molecule has 3 fully saturated rings. The van der Waals surface area contributed by atoms with Crippen LogP contribution < -0.4 is 20.1 Å². The van der Waals surface area contributed by atoms with Crippen molar-refractivity contribution in [2.75, 3.05) is 26.2 Å². The first kappa shape index (κ1) is 30.1. The van der Waals surface area contributed by atoms with Crippen molar-refractivity contribution in [1.82, 2.24) is 20.4 Å². The SMILES string of the molecule is CC(C)(C)OC(=O)N1CCC2(CCN(C3(c4ccc(Oc5ccc(OC(F)(F)F)cc5)cc4)C(=O)NC(=O)NC3=O)C2)C1. The number of hydrogen-bond acceptors (Lipinski definition) is 8. The van der Waals surface area contributed by atoms with E-state index in [0.29, 0.717) is 39.0 Å². The predicted molar refractivity (Wildman–Crippen MR) is 144 cm³/mol. The van der Waals surface area contributed by atoms with Gasteiger partial charge in [0, 0.05) is 31.6 Å². The molecule has 230 valence electrons. The van der Waals surface area contributed by atoms with E-state index in [1.807, 2.05) is 0 Å². The first-order valence-corrected chi connectivity index (χ1v) is 13.6. The van der Waals surface area contributed by atoms with Gasteiger partial charge >= 0.3 is 18.5 Å². The van der Waals surface area contributed by atoms with E-state index in [1.165, 1.54) is 36.4 Å². The first-order valence-electron chi connectivity index (χ1n) is 13.6. The van der Waals surface area contributed by atoms with Gasteiger partial charge in [-0.1, -0.05) is 12.1 Å². The van der Waals surface area contributed by atoms with Crippen molar-refractivity contribution in [1.29, 1.82) is 0 Å². The molecule has 1 spiro atoms. The maximum absolute atomic E-state index is 13.5. The van der Waals surface area contributed by atoms with Crippen molar-refractivity contribution in [3.63, 3.8) is 0 Å². The average Bonchev–Trinajstić information content (AvgIpc) is 3.51. The second-order valence-corrected chi connectivity index (χ2v) is 11.9. The van der Waals surface area contributed by atoms with Crippen molar-refractivity contribution in [3.05, 3.63) is 54.1 Å². The number of likely N-dealkylation sites (tertiary alicyclic amines) is 2. The number of benzene rings is 2. The highest BCUT2D eigenvalue weighted by molar-refractivity contribution is 6.22. The molecule has 2 aromatic rings. The van der Waals surface area contributed by atoms with Gasteiger partial charge in [-0.15, -0.1) is 13.2 Å². The van der Waals surface area contributed by atoms with Crippen molar-refractivity contribution in [2.45, 2.75) is 51.1 Å². The van der Waals surface area contributed by atoms with E-state index in [9.17, 15) is 32.3 Å². The molecule has 5 amide bonds. The third-order valence-electron chi connectivity index (χ3n) is 7.68. The molecule has 0 aliphatic carbocycles. The van der Waals surface area contributed by atoms with Gasteiger partial charge in [0.15, 0.2) is 0 Å². The van der Waals surface area contributed by atoms with Crippen LogP contribution in [0.3, 0.4) is 0 Å². The van der Waals surface area contributed by atoms with E-state index in [2.05, 4.69) is 15.4 Å². The molecule has 1 atom stereocenters. The highest BCUT2D eigenvalue weighted by atomic mass is 19.4. The smallest absolute Gasteiger partial charge is 0.457 e. The van der Waals surface area contributed by atoms with Crippen molar-refractivity contribution >= 4 is 23.9 Å². The lowest BCUT2D eigenvalue weighted by molar-refractivity contribution is -0.274. The maximum atomic E-state index is 13.5. The number of ether oxygens (including phenoxy) is 3. The number of amides is 5. The fourth-order valence-corrected chi connectivity index (χ4v) is 5.84. The largest absolute Gasteiger partial charge is 0.573 e. The number of halogens is 3. The summed E-state index contributed by atoms with van der Waals surface area (Å²) in [4.78, 5) is 55.1. The van der Waals surface area contributed by atoms with Crippen LogP contribution in [0.2, 0.25) is 0 Å². The molecule has 0 aromatic heterocycles. The highest BCUT2D eigenvalue weighted by Gasteiger charge is 2.60. The number of nitrogens with one attached hydrogen (secondary N) is 2. The van der Waals surface area contributed by atoms with Gasteiger partial charge in [0.2, 0.25) is 5.54 Å². The van der Waals surface area contributed by atoms with Crippen LogP contribution in [0.4, 0.5) is 22.8 Å². The van der Waals surface area contributed by atoms with E-state index < -0.39 is 47.2 Å². The molecule has 43 heavy (non-hydrogen) atoms. The summed E-state index contributed by atoms with van der Waals surface area (Å²) < 4.78 is 52.4. The third kappa shape index (κ3) is 6.24. The Bertz CT molecular complexity index is 1400. The zero-order chi connectivity index (χ0) is 31.2. The second-order valence-electron chi connectivity index (χ2n) is 11.9. The van der Waals surface area contributed by atoms with Gasteiger partial charge in [0.25, 0.3) is 11.8 Å². The molecule has 0 bridgehead atoms. The number of urea groups is 1. The summed E-state index contributed by atoms with van der Waals surface area (Å²) in [6, 6.07) is 9.97. The maximum Gasteiger partial charge on any atom is 0.573 e. The number of barbiturate groups is 1. The summed E-state index contributed by atoms with van der Waals surface area (Å²) in [5, 5.41) is 4.45. The molecular weight excluding hydrogens is 573 g/mol. The minimum atomic E-state index is -4.82. The van der Waals surface area contributed by atoms with Gasteiger partial charge in [-0.25, -0.2) is 9.59 Å². The molecule has 1 unspecified atom stereocenters. The average molecular weight is 605 g/mol. The van der Waals surface area contributed by atoms with Crippen LogP contribution in [-0.4, -0.2) is 71.9 Å². The van der Waals surface area contributed by atoms with Crippen LogP contribution in [0.15, 0.2) is 48.5 Å². The fourth-order valence-electron chi connectivity index (χ4n) is 5.84. The summed E-state index contributed by atoms with van der Waals surface area (Å²) in [6.45, 7) is 6.91. The molecule has 3 aliphatic rings. The summed E-state index contributed by atoms with van der Waals surface area (Å²) in [5.41, 5.74) is -2.61. The van der Waals surface area contributed by atoms with E-state index in [4.69, 9.17) is 9.47 Å². The lowest BCUT2D eigenvalue weighted by atomic mass is 9.83. The number of hydrogen-bond donors (Lipinski definition) is 2. The Labute approximate surface area is 245 Å². The van der Waals surface area contributed by atoms with Crippen LogP contribution in [0, 0.1) is 5.41 Å². The summed E-state index contributed by atoms with van der Waals surface area (Å²) in [6.07, 6.45) is -3.98. The quantitative estimate of drug-likeness (QED) is 0.485. The van der Waals surface area contributed by atoms with Crippen LogP contribution in [0.5, 0.6) is 17.2 Å². The zero-order valence-corrected chi connectivity index (χ0v) is 23.7. The molecule has 5 rings (SSSR count). The normalized spacial score (nSPS) is 22.4. The Balaban J connectivity index is 1.36. The zero-order valence-electron chi connectivity index (χ0n) is 23.7. The van der Waals surface area contributed by atoms with Crippen LogP contribution in [-0.2, 0) is 19.9 Å². The number of alkyl halides is 3. The van der Waals surface area contributed by atoms with Crippen molar-refractivity contribution in [2.24, 2.45) is 5.41 Å². The molecule has 3 saturated heterocycles. The molecule has 3 heterocycles. The summed E-state index contributed by atoms with van der Waals surface area (Å²) in [5.74, 6) is -1.48. The number of nitrogens with zero attached hydrogens (tertiary/aromatic N) is 2. The Morgan fingerprint density at radius 2 is 1.35 bits per heavy atom. The van der Waals surface area contributed by atoms with Crippen molar-refractivity contribution < 1.29 is 46.6 Å². The minimum Gasteiger partial charge on any atom is -0.457 e. The van der Waals surface area contributed by atoms with Crippen LogP contribution in [0.1, 0.15) is 39.2 Å². The van der Waals surface area contributed by atoms with E-state index in [-0.39, 0.29) is 22.5 Å². The molecule has 11 nitrogen and oxygen atoms in total. The van der Waals surface area contributed by atoms with Gasteiger partial charge in [0.05, 0.1) is 0 Å². The van der Waals surface area contributed by atoms with Gasteiger partial charge in [-0.3, -0.25) is 25.1 Å². The minimum absolute atomic E-state index is 0.230. The molecule has 0 saturated carbocycles. The molecule has 14 heteroatoms. The number of imide groups is 2. The van der Waals surface area contributed by atoms with Crippen LogP contribution >= 0.6 is 0 Å². The standard InChI is InChI=1S/C29H31F3N4O7/c1-26(2,3)43-25(40)35-14-12-27(16-35)13-15-36(17-27)28(22(37)33-24(39)34-23(28)38)18-4-6-19(7-5-18)41-20-8-10-21(11-9-20)42-29(30,31)32/h4-11H,12-17H2,1-3H3,(H2,33,34,37,38,39). The number of rotatable bonds is 5. The van der Waals surface area contributed by atoms with Crippen LogP contribution in [0.25, 0.3) is 0 Å².